The van der Waals surface area contributed by atoms with Gasteiger partial charge in [0.1, 0.15) is 0 Å². The minimum atomic E-state index is 0.924. The van der Waals surface area contributed by atoms with Crippen molar-refractivity contribution < 1.29 is 0 Å². The largest absolute Gasteiger partial charge is 0.0588 e. The molecule has 0 heterocycles. The van der Waals surface area contributed by atoms with Crippen molar-refractivity contribution in [3.05, 3.63) is 41.8 Å². The summed E-state index contributed by atoms with van der Waals surface area (Å²) in [4.78, 5) is 0. The van der Waals surface area contributed by atoms with Crippen LogP contribution in [0.15, 0.2) is 18.2 Å². The summed E-state index contributed by atoms with van der Waals surface area (Å²) in [7, 11) is 0. The number of aryl methyl sites for hydroxylation is 2. The first-order valence-electron chi connectivity index (χ1n) is 4.80. The van der Waals surface area contributed by atoms with Gasteiger partial charge in [-0.25, -0.2) is 0 Å². The molecule has 0 unspecified atom stereocenters. The van der Waals surface area contributed by atoms with Crippen molar-refractivity contribution in [2.24, 2.45) is 0 Å². The van der Waals surface area contributed by atoms with Crippen LogP contribution in [0.4, 0.5) is 0 Å². The van der Waals surface area contributed by atoms with Crippen LogP contribution in [-0.2, 0) is 19.3 Å². The number of rotatable bonds is 1. The van der Waals surface area contributed by atoms with Crippen LogP contribution in [0.25, 0.3) is 0 Å². The Kier molecular flexibility index (Phi) is 2.16. The molecule has 63 valence electrons. The van der Waals surface area contributed by atoms with Crippen LogP contribution in [0.3, 0.4) is 0 Å². The summed E-state index contributed by atoms with van der Waals surface area (Å²) >= 11 is 0. The van der Waals surface area contributed by atoms with Crippen molar-refractivity contribution in [2.75, 3.05) is 0 Å². The Bertz CT molecular complexity index is 273. The summed E-state index contributed by atoms with van der Waals surface area (Å²) in [5.74, 6) is 0. The second-order valence-electron chi connectivity index (χ2n) is 3.56. The van der Waals surface area contributed by atoms with Crippen LogP contribution in [-0.4, -0.2) is 0 Å². The highest BCUT2D eigenvalue weighted by atomic mass is 14.1. The summed E-state index contributed by atoms with van der Waals surface area (Å²) in [5, 5.41) is 0. The van der Waals surface area contributed by atoms with E-state index in [2.05, 4.69) is 25.1 Å². The molecule has 0 bridgehead atoms. The Morgan fingerprint density at radius 2 is 1.83 bits per heavy atom. The molecule has 0 heteroatoms. The molecule has 0 spiro atoms. The van der Waals surface area contributed by atoms with Gasteiger partial charge in [0.15, 0.2) is 0 Å². The summed E-state index contributed by atoms with van der Waals surface area (Å²) in [6.07, 6.45) is 6.23. The summed E-state index contributed by atoms with van der Waals surface area (Å²) in [6.45, 7) is 3.90. The third-order valence-corrected chi connectivity index (χ3v) is 2.70. The average Bonchev–Trinajstić information content (AvgIpc) is 2.17. The first-order chi connectivity index (χ1) is 5.90. The highest BCUT2D eigenvalue weighted by Crippen LogP contribution is 2.22. The minimum Gasteiger partial charge on any atom is -0.0588 e. The van der Waals surface area contributed by atoms with Gasteiger partial charge >= 0.3 is 0 Å². The predicted molar refractivity (Wildman–Crippen MR) is 52.1 cm³/mol. The molecular weight excluding hydrogens is 144 g/mol. The summed E-state index contributed by atoms with van der Waals surface area (Å²) in [6, 6.07) is 6.84. The number of benzene rings is 1. The lowest BCUT2D eigenvalue weighted by molar-refractivity contribution is 0.684. The van der Waals surface area contributed by atoms with Crippen LogP contribution in [0.5, 0.6) is 0 Å². The molecule has 1 aromatic carbocycles. The highest BCUT2D eigenvalue weighted by Gasteiger charge is 2.08. The Balaban J connectivity index is 2.36. The maximum atomic E-state index is 3.90. The summed E-state index contributed by atoms with van der Waals surface area (Å²) in [5.41, 5.74) is 4.52. The van der Waals surface area contributed by atoms with E-state index in [0.717, 1.165) is 6.42 Å². The maximum absolute atomic E-state index is 3.90. The molecule has 0 N–H and O–H groups in total. The molecule has 0 saturated carbocycles. The lowest BCUT2D eigenvalue weighted by Crippen LogP contribution is -2.02. The third kappa shape index (κ3) is 1.38. The van der Waals surface area contributed by atoms with Gasteiger partial charge in [0, 0.05) is 0 Å². The molecule has 0 saturated heterocycles. The van der Waals surface area contributed by atoms with Crippen LogP contribution in [0.1, 0.15) is 29.5 Å². The molecule has 2 rings (SSSR count). The van der Waals surface area contributed by atoms with Gasteiger partial charge in [-0.05, 0) is 55.7 Å². The number of hydrogen-bond acceptors (Lipinski definition) is 0. The number of fused-ring (bicyclic) bond motifs is 1. The normalized spacial score (nSPS) is 15.8. The monoisotopic (exact) mass is 159 g/mol. The standard InChI is InChI=1S/C12H15/c1-2-10-7-8-11-5-3-4-6-12(11)9-10/h7-9H,1-6H2. The molecular formula is C12H15. The SMILES string of the molecule is [CH2]Cc1ccc2c(c1)CCCC2. The van der Waals surface area contributed by atoms with Gasteiger partial charge in [0.25, 0.3) is 0 Å². The maximum Gasteiger partial charge on any atom is -0.0276 e. The van der Waals surface area contributed by atoms with Crippen molar-refractivity contribution in [1.82, 2.24) is 0 Å². The Hall–Kier alpha value is -0.780. The van der Waals surface area contributed by atoms with E-state index in [9.17, 15) is 0 Å². The van der Waals surface area contributed by atoms with Gasteiger partial charge in [-0.1, -0.05) is 18.2 Å². The Morgan fingerprint density at radius 3 is 2.58 bits per heavy atom. The molecule has 0 aromatic heterocycles. The molecule has 0 amide bonds. The van der Waals surface area contributed by atoms with Gasteiger partial charge in [0.2, 0.25) is 0 Å². The van der Waals surface area contributed by atoms with Crippen molar-refractivity contribution in [2.45, 2.75) is 32.1 Å². The van der Waals surface area contributed by atoms with Gasteiger partial charge in [-0.3, -0.25) is 0 Å². The van der Waals surface area contributed by atoms with E-state index in [1.54, 1.807) is 11.1 Å². The number of hydrogen-bond donors (Lipinski definition) is 0. The van der Waals surface area contributed by atoms with Gasteiger partial charge < -0.3 is 0 Å². The fourth-order valence-electron chi connectivity index (χ4n) is 1.94. The zero-order valence-electron chi connectivity index (χ0n) is 7.47. The molecule has 0 aliphatic heterocycles. The van der Waals surface area contributed by atoms with Crippen molar-refractivity contribution in [1.29, 1.82) is 0 Å². The molecule has 1 aliphatic rings. The quantitative estimate of drug-likeness (QED) is 0.591. The van der Waals surface area contributed by atoms with Crippen LogP contribution >= 0.6 is 0 Å². The lowest BCUT2D eigenvalue weighted by Gasteiger charge is -2.15. The van der Waals surface area contributed by atoms with E-state index in [0.29, 0.717) is 0 Å². The average molecular weight is 159 g/mol. The van der Waals surface area contributed by atoms with E-state index >= 15 is 0 Å². The second kappa shape index (κ2) is 3.30. The highest BCUT2D eigenvalue weighted by molar-refractivity contribution is 5.33. The van der Waals surface area contributed by atoms with Gasteiger partial charge in [0.05, 0.1) is 0 Å². The third-order valence-electron chi connectivity index (χ3n) is 2.70. The first-order valence-corrected chi connectivity index (χ1v) is 4.80. The molecule has 0 nitrogen and oxygen atoms in total. The topological polar surface area (TPSA) is 0 Å². The molecule has 12 heavy (non-hydrogen) atoms. The minimum absolute atomic E-state index is 0.924. The summed E-state index contributed by atoms with van der Waals surface area (Å²) < 4.78 is 0. The molecule has 0 atom stereocenters. The Labute approximate surface area is 74.6 Å². The van der Waals surface area contributed by atoms with Gasteiger partial charge in [-0.15, -0.1) is 0 Å². The lowest BCUT2D eigenvalue weighted by atomic mass is 9.90. The predicted octanol–water partition coefficient (Wildman–Crippen LogP) is 2.94. The Morgan fingerprint density at radius 1 is 1.08 bits per heavy atom. The van der Waals surface area contributed by atoms with Crippen LogP contribution < -0.4 is 0 Å². The fourth-order valence-corrected chi connectivity index (χ4v) is 1.94. The van der Waals surface area contributed by atoms with E-state index in [1.165, 1.54) is 31.2 Å². The van der Waals surface area contributed by atoms with Crippen molar-refractivity contribution in [3.63, 3.8) is 0 Å². The molecule has 1 aromatic rings. The first kappa shape index (κ1) is 7.85. The van der Waals surface area contributed by atoms with Gasteiger partial charge in [-0.2, -0.15) is 0 Å². The van der Waals surface area contributed by atoms with Crippen LogP contribution in [0, 0.1) is 6.92 Å². The van der Waals surface area contributed by atoms with E-state index < -0.39 is 0 Å². The molecule has 1 aliphatic carbocycles. The van der Waals surface area contributed by atoms with Crippen LogP contribution in [0.2, 0.25) is 0 Å². The zero-order chi connectivity index (χ0) is 8.39. The zero-order valence-corrected chi connectivity index (χ0v) is 7.47. The van der Waals surface area contributed by atoms with E-state index in [1.807, 2.05) is 0 Å². The van der Waals surface area contributed by atoms with Crippen molar-refractivity contribution in [3.8, 4) is 0 Å². The second-order valence-corrected chi connectivity index (χ2v) is 3.56. The van der Waals surface area contributed by atoms with Crippen molar-refractivity contribution >= 4 is 0 Å². The fraction of sp³-hybridized carbons (Fsp3) is 0.417. The van der Waals surface area contributed by atoms with E-state index in [4.69, 9.17) is 0 Å². The van der Waals surface area contributed by atoms with E-state index in [-0.39, 0.29) is 0 Å². The molecule has 0 fully saturated rings. The molecule has 1 radical (unpaired) electrons. The smallest absolute Gasteiger partial charge is 0.0276 e.